The van der Waals surface area contributed by atoms with Crippen molar-refractivity contribution in [1.82, 2.24) is 20.5 Å². The largest absolute Gasteiger partial charge is 0.363 e. The zero-order valence-corrected chi connectivity index (χ0v) is 8.59. The van der Waals surface area contributed by atoms with Gasteiger partial charge in [0.1, 0.15) is 0 Å². The van der Waals surface area contributed by atoms with E-state index in [4.69, 9.17) is 0 Å². The number of aromatic nitrogens is 3. The average molecular weight is 213 g/mol. The molecule has 0 amide bonds. The summed E-state index contributed by atoms with van der Waals surface area (Å²) in [5.74, 6) is 0.132. The lowest BCUT2D eigenvalue weighted by Crippen LogP contribution is -2.29. The van der Waals surface area contributed by atoms with Gasteiger partial charge in [0, 0.05) is 13.1 Å². The van der Waals surface area contributed by atoms with Gasteiger partial charge in [-0.2, -0.15) is 0 Å². The number of nitrogens with one attached hydrogen (secondary N) is 4. The van der Waals surface area contributed by atoms with Crippen LogP contribution in [-0.4, -0.2) is 34.8 Å². The summed E-state index contributed by atoms with van der Waals surface area (Å²) in [6.45, 7) is 4.35. The van der Waals surface area contributed by atoms with Gasteiger partial charge in [0.15, 0.2) is 0 Å². The minimum atomic E-state index is -0.602. The molecule has 7 nitrogen and oxygen atoms in total. The van der Waals surface area contributed by atoms with Gasteiger partial charge in [0.2, 0.25) is 5.82 Å². The molecular formula is C8H15N5O2. The van der Waals surface area contributed by atoms with Crippen LogP contribution in [-0.2, 0) is 0 Å². The van der Waals surface area contributed by atoms with Gasteiger partial charge in [0.25, 0.3) is 5.56 Å². The molecular weight excluding hydrogens is 198 g/mol. The normalized spacial score (nSPS) is 10.2. The fraction of sp³-hybridized carbons (Fsp3) is 0.625. The van der Waals surface area contributed by atoms with E-state index < -0.39 is 11.2 Å². The quantitative estimate of drug-likeness (QED) is 0.448. The molecule has 0 unspecified atom stereocenters. The van der Waals surface area contributed by atoms with E-state index in [1.54, 1.807) is 0 Å². The molecule has 1 aromatic heterocycles. The first-order valence-corrected chi connectivity index (χ1v) is 4.87. The first-order chi connectivity index (χ1) is 7.24. The highest BCUT2D eigenvalue weighted by atomic mass is 16.2. The van der Waals surface area contributed by atoms with E-state index in [9.17, 15) is 9.59 Å². The van der Waals surface area contributed by atoms with Gasteiger partial charge in [-0.25, -0.2) is 9.89 Å². The van der Waals surface area contributed by atoms with Crippen molar-refractivity contribution in [3.8, 4) is 0 Å². The van der Waals surface area contributed by atoms with Crippen molar-refractivity contribution >= 4 is 5.82 Å². The van der Waals surface area contributed by atoms with E-state index in [0.717, 1.165) is 19.5 Å². The first-order valence-electron chi connectivity index (χ1n) is 4.87. The highest BCUT2D eigenvalue weighted by Crippen LogP contribution is 1.83. The topological polar surface area (TPSA) is 103 Å². The Bertz CT molecular complexity index is 397. The van der Waals surface area contributed by atoms with Crippen LogP contribution in [0.4, 0.5) is 5.82 Å². The molecule has 0 bridgehead atoms. The van der Waals surface area contributed by atoms with Crippen LogP contribution >= 0.6 is 0 Å². The van der Waals surface area contributed by atoms with E-state index in [2.05, 4.69) is 32.7 Å². The number of nitrogens with zero attached hydrogens (tertiary/aromatic N) is 1. The second-order valence-corrected chi connectivity index (χ2v) is 3.03. The monoisotopic (exact) mass is 213 g/mol. The first kappa shape index (κ1) is 11.4. The molecule has 4 N–H and O–H groups in total. The van der Waals surface area contributed by atoms with Gasteiger partial charge in [0.05, 0.1) is 0 Å². The molecule has 1 aromatic rings. The van der Waals surface area contributed by atoms with E-state index in [1.165, 1.54) is 0 Å². The second kappa shape index (κ2) is 5.97. The van der Waals surface area contributed by atoms with E-state index >= 15 is 0 Å². The maximum Gasteiger partial charge on any atom is 0.342 e. The second-order valence-electron chi connectivity index (χ2n) is 3.03. The number of hydrogen-bond acceptors (Lipinski definition) is 5. The van der Waals surface area contributed by atoms with Crippen LogP contribution in [0.1, 0.15) is 13.3 Å². The lowest BCUT2D eigenvalue weighted by molar-refractivity contribution is 0.685. The summed E-state index contributed by atoms with van der Waals surface area (Å²) in [5.41, 5.74) is -1.11. The number of anilines is 1. The molecule has 0 spiro atoms. The van der Waals surface area contributed by atoms with Crippen LogP contribution < -0.4 is 21.9 Å². The maximum absolute atomic E-state index is 11.1. The zero-order chi connectivity index (χ0) is 11.1. The Labute approximate surface area is 86.3 Å². The Hall–Kier alpha value is -1.63. The minimum Gasteiger partial charge on any atom is -0.363 e. The van der Waals surface area contributed by atoms with Crippen LogP contribution in [0.3, 0.4) is 0 Å². The Kier molecular flexibility index (Phi) is 4.55. The summed E-state index contributed by atoms with van der Waals surface area (Å²) >= 11 is 0. The van der Waals surface area contributed by atoms with Gasteiger partial charge < -0.3 is 10.6 Å². The Morgan fingerprint density at radius 3 is 2.73 bits per heavy atom. The summed E-state index contributed by atoms with van der Waals surface area (Å²) in [6, 6.07) is 0. The van der Waals surface area contributed by atoms with Gasteiger partial charge in [-0.1, -0.05) is 6.92 Å². The number of aromatic amines is 2. The number of rotatable bonds is 6. The third-order valence-electron chi connectivity index (χ3n) is 1.73. The van der Waals surface area contributed by atoms with Crippen LogP contribution in [0.2, 0.25) is 0 Å². The van der Waals surface area contributed by atoms with Crippen molar-refractivity contribution < 1.29 is 0 Å². The van der Waals surface area contributed by atoms with Crippen LogP contribution in [0, 0.1) is 0 Å². The fourth-order valence-corrected chi connectivity index (χ4v) is 1.04. The molecule has 7 heteroatoms. The van der Waals surface area contributed by atoms with E-state index in [0.29, 0.717) is 6.54 Å². The average Bonchev–Trinajstić information content (AvgIpc) is 2.20. The molecule has 0 fully saturated rings. The van der Waals surface area contributed by atoms with Crippen molar-refractivity contribution in [3.63, 3.8) is 0 Å². The maximum atomic E-state index is 11.1. The molecule has 0 atom stereocenters. The summed E-state index contributed by atoms with van der Waals surface area (Å²) in [4.78, 5) is 23.9. The minimum absolute atomic E-state index is 0.132. The summed E-state index contributed by atoms with van der Waals surface area (Å²) < 4.78 is 0. The molecule has 1 rings (SSSR count). The SMILES string of the molecule is CCCNCCNc1n[nH]c(=O)[nH]c1=O. The summed E-state index contributed by atoms with van der Waals surface area (Å²) in [5, 5.41) is 11.7. The standard InChI is InChI=1S/C8H15N5O2/c1-2-3-9-4-5-10-6-7(14)11-8(15)13-12-6/h9H,2-5H2,1H3,(H,10,12)(H2,11,13,14,15). The zero-order valence-electron chi connectivity index (χ0n) is 8.59. The van der Waals surface area contributed by atoms with E-state index in [-0.39, 0.29) is 5.82 Å². The Morgan fingerprint density at radius 1 is 1.27 bits per heavy atom. The number of hydrogen-bond donors (Lipinski definition) is 4. The van der Waals surface area contributed by atoms with Gasteiger partial charge in [-0.05, 0) is 13.0 Å². The van der Waals surface area contributed by atoms with Crippen molar-refractivity contribution in [2.24, 2.45) is 0 Å². The third kappa shape index (κ3) is 3.94. The fourth-order valence-electron chi connectivity index (χ4n) is 1.04. The molecule has 0 aliphatic carbocycles. The van der Waals surface area contributed by atoms with Crippen LogP contribution in [0.15, 0.2) is 9.59 Å². The highest BCUT2D eigenvalue weighted by Gasteiger charge is 1.99. The molecule has 15 heavy (non-hydrogen) atoms. The predicted octanol–water partition coefficient (Wildman–Crippen LogP) is -1.13. The molecule has 0 aliphatic heterocycles. The van der Waals surface area contributed by atoms with Gasteiger partial charge >= 0.3 is 5.69 Å². The molecule has 0 aromatic carbocycles. The summed E-state index contributed by atoms with van der Waals surface area (Å²) in [6.07, 6.45) is 1.07. The Balaban J connectivity index is 2.38. The highest BCUT2D eigenvalue weighted by molar-refractivity contribution is 5.28. The number of H-pyrrole nitrogens is 2. The van der Waals surface area contributed by atoms with E-state index in [1.807, 2.05) is 0 Å². The molecule has 0 radical (unpaired) electrons. The molecule has 84 valence electrons. The van der Waals surface area contributed by atoms with Gasteiger partial charge in [-0.3, -0.25) is 9.78 Å². The molecule has 1 heterocycles. The van der Waals surface area contributed by atoms with Gasteiger partial charge in [-0.15, -0.1) is 5.10 Å². The van der Waals surface area contributed by atoms with Crippen molar-refractivity contribution in [2.45, 2.75) is 13.3 Å². The van der Waals surface area contributed by atoms with Crippen molar-refractivity contribution in [3.05, 3.63) is 20.8 Å². The molecule has 0 saturated heterocycles. The smallest absolute Gasteiger partial charge is 0.342 e. The van der Waals surface area contributed by atoms with Crippen molar-refractivity contribution in [2.75, 3.05) is 25.0 Å². The lowest BCUT2D eigenvalue weighted by Gasteiger charge is -2.04. The lowest BCUT2D eigenvalue weighted by atomic mass is 10.4. The van der Waals surface area contributed by atoms with Crippen molar-refractivity contribution in [1.29, 1.82) is 0 Å². The predicted molar refractivity (Wildman–Crippen MR) is 57.1 cm³/mol. The third-order valence-corrected chi connectivity index (χ3v) is 1.73. The summed E-state index contributed by atoms with van der Waals surface area (Å²) in [7, 11) is 0. The van der Waals surface area contributed by atoms with Crippen LogP contribution in [0.25, 0.3) is 0 Å². The van der Waals surface area contributed by atoms with Crippen LogP contribution in [0.5, 0.6) is 0 Å². The molecule has 0 aliphatic rings. The molecule has 0 saturated carbocycles. The Morgan fingerprint density at radius 2 is 2.07 bits per heavy atom.